The Bertz CT molecular complexity index is 1540. The van der Waals surface area contributed by atoms with E-state index in [0.717, 1.165) is 40.0 Å². The Hall–Kier alpha value is -4.22. The molecule has 1 aromatic heterocycles. The summed E-state index contributed by atoms with van der Waals surface area (Å²) in [5.41, 5.74) is 5.66. The molecule has 1 amide bonds. The molecule has 0 aliphatic rings. The van der Waals surface area contributed by atoms with Crippen molar-refractivity contribution in [1.82, 2.24) is 14.9 Å². The molecule has 0 saturated carbocycles. The molecule has 6 heteroatoms. The molecule has 190 valence electrons. The van der Waals surface area contributed by atoms with Crippen molar-refractivity contribution in [1.29, 1.82) is 0 Å². The molecule has 5 aromatic rings. The Morgan fingerprint density at radius 3 is 2.24 bits per heavy atom. The molecular formula is C32H28ClN3O2. The quantitative estimate of drug-likeness (QED) is 0.168. The van der Waals surface area contributed by atoms with Gasteiger partial charge in [0, 0.05) is 23.6 Å². The number of imidazole rings is 1. The number of hydrogen-bond donors (Lipinski definition) is 1. The monoisotopic (exact) mass is 521 g/mol. The molecule has 0 unspecified atom stereocenters. The number of halogens is 1. The predicted octanol–water partition coefficient (Wildman–Crippen LogP) is 6.53. The van der Waals surface area contributed by atoms with Crippen LogP contribution in [0, 0.1) is 0 Å². The highest BCUT2D eigenvalue weighted by molar-refractivity contribution is 6.30. The van der Waals surface area contributed by atoms with Gasteiger partial charge in [-0.15, -0.1) is 0 Å². The van der Waals surface area contributed by atoms with Crippen LogP contribution in [-0.2, 0) is 24.2 Å². The summed E-state index contributed by atoms with van der Waals surface area (Å²) in [7, 11) is 0. The molecule has 0 fully saturated rings. The first-order valence-corrected chi connectivity index (χ1v) is 13.1. The van der Waals surface area contributed by atoms with Gasteiger partial charge in [0.25, 0.3) is 0 Å². The van der Waals surface area contributed by atoms with Crippen molar-refractivity contribution >= 4 is 34.3 Å². The van der Waals surface area contributed by atoms with Gasteiger partial charge in [-0.05, 0) is 59.5 Å². The smallest absolute Gasteiger partial charge is 0.224 e. The van der Waals surface area contributed by atoms with Crippen molar-refractivity contribution in [2.24, 2.45) is 0 Å². The summed E-state index contributed by atoms with van der Waals surface area (Å²) >= 11 is 5.97. The normalized spacial score (nSPS) is 11.0. The Morgan fingerprint density at radius 1 is 0.789 bits per heavy atom. The van der Waals surface area contributed by atoms with Gasteiger partial charge in [0.15, 0.2) is 5.78 Å². The Balaban J connectivity index is 1.17. The molecule has 5 nitrogen and oxygen atoms in total. The molecule has 0 saturated heterocycles. The van der Waals surface area contributed by atoms with Gasteiger partial charge >= 0.3 is 0 Å². The van der Waals surface area contributed by atoms with E-state index in [-0.39, 0.29) is 18.2 Å². The second-order valence-corrected chi connectivity index (χ2v) is 9.66. The van der Waals surface area contributed by atoms with Gasteiger partial charge in [0.05, 0.1) is 24.0 Å². The fourth-order valence-electron chi connectivity index (χ4n) is 4.53. The zero-order valence-corrected chi connectivity index (χ0v) is 21.7. The summed E-state index contributed by atoms with van der Waals surface area (Å²) in [6.45, 7) is 0.734. The minimum absolute atomic E-state index is 0.00217. The molecule has 38 heavy (non-hydrogen) atoms. The van der Waals surface area contributed by atoms with Gasteiger partial charge in [-0.1, -0.05) is 78.3 Å². The maximum Gasteiger partial charge on any atom is 0.224 e. The summed E-state index contributed by atoms with van der Waals surface area (Å²) in [4.78, 5) is 30.3. The standard InChI is InChI=1S/C32H28ClN3O2/c33-27-18-16-26(17-19-27)30(37)22-36-29-10-5-4-9-28(29)35-31(36)11-6-20-34-32(38)21-23-12-14-25(15-13-23)24-7-2-1-3-8-24/h1-5,7-10,12-19H,6,11,20-22H2,(H,34,38). The summed E-state index contributed by atoms with van der Waals surface area (Å²) in [5.74, 6) is 0.820. The van der Waals surface area contributed by atoms with Crippen LogP contribution in [0.15, 0.2) is 103 Å². The molecular weight excluding hydrogens is 494 g/mol. The highest BCUT2D eigenvalue weighted by Gasteiger charge is 2.15. The van der Waals surface area contributed by atoms with Crippen LogP contribution < -0.4 is 5.32 Å². The molecule has 0 aliphatic carbocycles. The average Bonchev–Trinajstić information content (AvgIpc) is 3.29. The number of carbonyl (C=O) groups excluding carboxylic acids is 2. The van der Waals surface area contributed by atoms with Crippen molar-refractivity contribution in [3.63, 3.8) is 0 Å². The fraction of sp³-hybridized carbons (Fsp3) is 0.156. The third-order valence-electron chi connectivity index (χ3n) is 6.53. The predicted molar refractivity (Wildman–Crippen MR) is 152 cm³/mol. The highest BCUT2D eigenvalue weighted by Crippen LogP contribution is 2.20. The van der Waals surface area contributed by atoms with Gasteiger partial charge in [-0.2, -0.15) is 0 Å². The minimum atomic E-state index is -0.0103. The minimum Gasteiger partial charge on any atom is -0.356 e. The number of para-hydroxylation sites is 2. The lowest BCUT2D eigenvalue weighted by Gasteiger charge is -2.10. The number of nitrogens with one attached hydrogen (secondary N) is 1. The van der Waals surface area contributed by atoms with E-state index in [9.17, 15) is 9.59 Å². The van der Waals surface area contributed by atoms with E-state index in [1.807, 2.05) is 71.3 Å². The number of Topliss-reactive ketones (excluding diaryl/α,β-unsaturated/α-hetero) is 1. The molecule has 5 rings (SSSR count). The third kappa shape index (κ3) is 6.18. The number of rotatable bonds is 10. The van der Waals surface area contributed by atoms with Gasteiger partial charge in [-0.3, -0.25) is 9.59 Å². The van der Waals surface area contributed by atoms with E-state index in [2.05, 4.69) is 17.4 Å². The number of ketones is 1. The number of carbonyl (C=O) groups is 2. The first kappa shape index (κ1) is 25.4. The second-order valence-electron chi connectivity index (χ2n) is 9.23. The lowest BCUT2D eigenvalue weighted by Crippen LogP contribution is -2.26. The van der Waals surface area contributed by atoms with E-state index in [1.165, 1.54) is 0 Å². The van der Waals surface area contributed by atoms with Crippen LogP contribution in [-0.4, -0.2) is 27.8 Å². The van der Waals surface area contributed by atoms with E-state index in [4.69, 9.17) is 16.6 Å². The molecule has 0 bridgehead atoms. The van der Waals surface area contributed by atoms with E-state index >= 15 is 0 Å². The molecule has 1 heterocycles. The van der Waals surface area contributed by atoms with Crippen LogP contribution >= 0.6 is 11.6 Å². The maximum absolute atomic E-state index is 13.0. The Kier molecular flexibility index (Phi) is 7.95. The van der Waals surface area contributed by atoms with E-state index in [0.29, 0.717) is 30.0 Å². The summed E-state index contributed by atoms with van der Waals surface area (Å²) in [6.07, 6.45) is 1.70. The maximum atomic E-state index is 13.0. The second kappa shape index (κ2) is 11.9. The zero-order chi connectivity index (χ0) is 26.3. The zero-order valence-electron chi connectivity index (χ0n) is 20.9. The third-order valence-corrected chi connectivity index (χ3v) is 6.78. The first-order valence-electron chi connectivity index (χ1n) is 12.7. The van der Waals surface area contributed by atoms with Crippen LogP contribution in [0.3, 0.4) is 0 Å². The number of aromatic nitrogens is 2. The summed E-state index contributed by atoms with van der Waals surface area (Å²) in [5, 5.41) is 3.62. The van der Waals surface area contributed by atoms with Crippen molar-refractivity contribution in [2.45, 2.75) is 25.8 Å². The van der Waals surface area contributed by atoms with Crippen LogP contribution in [0.2, 0.25) is 5.02 Å². The topological polar surface area (TPSA) is 64.0 Å². The number of aryl methyl sites for hydroxylation is 1. The Morgan fingerprint density at radius 2 is 1.47 bits per heavy atom. The number of hydrogen-bond acceptors (Lipinski definition) is 3. The van der Waals surface area contributed by atoms with Crippen LogP contribution in [0.4, 0.5) is 0 Å². The summed E-state index contributed by atoms with van der Waals surface area (Å²) < 4.78 is 1.97. The number of benzene rings is 4. The molecule has 0 spiro atoms. The molecule has 0 atom stereocenters. The average molecular weight is 522 g/mol. The van der Waals surface area contributed by atoms with Gasteiger partial charge < -0.3 is 9.88 Å². The highest BCUT2D eigenvalue weighted by atomic mass is 35.5. The van der Waals surface area contributed by atoms with Crippen molar-refractivity contribution in [3.05, 3.63) is 125 Å². The SMILES string of the molecule is O=C(Cc1ccc(-c2ccccc2)cc1)NCCCc1nc2ccccc2n1CC(=O)c1ccc(Cl)cc1. The van der Waals surface area contributed by atoms with Crippen molar-refractivity contribution in [3.8, 4) is 11.1 Å². The van der Waals surface area contributed by atoms with Gasteiger partial charge in [0.2, 0.25) is 5.91 Å². The van der Waals surface area contributed by atoms with Crippen LogP contribution in [0.25, 0.3) is 22.2 Å². The van der Waals surface area contributed by atoms with E-state index in [1.54, 1.807) is 24.3 Å². The largest absolute Gasteiger partial charge is 0.356 e. The van der Waals surface area contributed by atoms with Gasteiger partial charge in [0.1, 0.15) is 5.82 Å². The fourth-order valence-corrected chi connectivity index (χ4v) is 4.66. The van der Waals surface area contributed by atoms with Crippen molar-refractivity contribution < 1.29 is 9.59 Å². The molecule has 0 aliphatic heterocycles. The van der Waals surface area contributed by atoms with Gasteiger partial charge in [-0.25, -0.2) is 4.98 Å². The lowest BCUT2D eigenvalue weighted by molar-refractivity contribution is -0.120. The first-order chi connectivity index (χ1) is 18.6. The molecule has 0 radical (unpaired) electrons. The number of amides is 1. The molecule has 1 N–H and O–H groups in total. The van der Waals surface area contributed by atoms with E-state index < -0.39 is 0 Å². The Labute approximate surface area is 227 Å². The van der Waals surface area contributed by atoms with Crippen LogP contribution in [0.1, 0.15) is 28.2 Å². The molecule has 4 aromatic carbocycles. The van der Waals surface area contributed by atoms with Crippen molar-refractivity contribution in [2.75, 3.05) is 6.54 Å². The summed E-state index contributed by atoms with van der Waals surface area (Å²) in [6, 6.07) is 33.0. The van der Waals surface area contributed by atoms with Crippen LogP contribution in [0.5, 0.6) is 0 Å². The number of fused-ring (bicyclic) bond motifs is 1. The lowest BCUT2D eigenvalue weighted by atomic mass is 10.0. The number of nitrogens with zero attached hydrogens (tertiary/aromatic N) is 2.